The standard InChI is InChI=1S/C16H29NO2/c1-13(2)15(4-5-15)12-17-14-3-8-19-16(11-14)6-9-18-10-7-16/h13-14,17H,3-12H2,1-2H3. The van der Waals surface area contributed by atoms with Crippen molar-refractivity contribution in [2.24, 2.45) is 11.3 Å². The van der Waals surface area contributed by atoms with Crippen LogP contribution in [0, 0.1) is 11.3 Å². The van der Waals surface area contributed by atoms with Gasteiger partial charge in [-0.2, -0.15) is 0 Å². The summed E-state index contributed by atoms with van der Waals surface area (Å²) < 4.78 is 11.6. The molecule has 0 amide bonds. The molecular weight excluding hydrogens is 238 g/mol. The van der Waals surface area contributed by atoms with Crippen molar-refractivity contribution in [2.45, 2.75) is 64.0 Å². The monoisotopic (exact) mass is 267 g/mol. The molecule has 0 aromatic heterocycles. The third-order valence-corrected chi connectivity index (χ3v) is 5.76. The van der Waals surface area contributed by atoms with Gasteiger partial charge in [0.15, 0.2) is 0 Å². The molecule has 1 atom stereocenters. The summed E-state index contributed by atoms with van der Waals surface area (Å²) in [5.41, 5.74) is 0.740. The maximum absolute atomic E-state index is 6.11. The summed E-state index contributed by atoms with van der Waals surface area (Å²) in [4.78, 5) is 0. The molecule has 0 aromatic rings. The Kier molecular flexibility index (Phi) is 3.89. The lowest BCUT2D eigenvalue weighted by atomic mass is 9.83. The fraction of sp³-hybridized carbons (Fsp3) is 1.00. The molecule has 3 fully saturated rings. The zero-order valence-corrected chi connectivity index (χ0v) is 12.5. The van der Waals surface area contributed by atoms with Gasteiger partial charge in [0.2, 0.25) is 0 Å². The summed E-state index contributed by atoms with van der Waals surface area (Å²) in [5.74, 6) is 0.817. The van der Waals surface area contributed by atoms with Crippen LogP contribution < -0.4 is 5.32 Å². The Morgan fingerprint density at radius 2 is 1.84 bits per heavy atom. The third kappa shape index (κ3) is 2.98. The quantitative estimate of drug-likeness (QED) is 0.849. The molecule has 2 aliphatic heterocycles. The predicted molar refractivity (Wildman–Crippen MR) is 76.3 cm³/mol. The van der Waals surface area contributed by atoms with Crippen LogP contribution in [0.1, 0.15) is 52.4 Å². The van der Waals surface area contributed by atoms with Gasteiger partial charge in [0.25, 0.3) is 0 Å². The van der Waals surface area contributed by atoms with Gasteiger partial charge >= 0.3 is 0 Å². The first-order valence-corrected chi connectivity index (χ1v) is 8.09. The molecule has 0 radical (unpaired) electrons. The lowest BCUT2D eigenvalue weighted by Gasteiger charge is -2.44. The topological polar surface area (TPSA) is 30.5 Å². The van der Waals surface area contributed by atoms with Crippen LogP contribution in [0.15, 0.2) is 0 Å². The molecule has 2 saturated heterocycles. The van der Waals surface area contributed by atoms with Crippen LogP contribution in [-0.4, -0.2) is 38.0 Å². The molecule has 110 valence electrons. The molecule has 19 heavy (non-hydrogen) atoms. The van der Waals surface area contributed by atoms with E-state index in [0.29, 0.717) is 11.5 Å². The van der Waals surface area contributed by atoms with E-state index in [-0.39, 0.29) is 5.60 Å². The highest BCUT2D eigenvalue weighted by Gasteiger charge is 2.46. The Balaban J connectivity index is 1.51. The molecule has 2 heterocycles. The van der Waals surface area contributed by atoms with E-state index in [1.165, 1.54) is 32.2 Å². The molecule has 3 rings (SSSR count). The van der Waals surface area contributed by atoms with E-state index in [9.17, 15) is 0 Å². The molecule has 1 aliphatic carbocycles. The molecule has 1 saturated carbocycles. The summed E-state index contributed by atoms with van der Waals surface area (Å²) >= 11 is 0. The maximum Gasteiger partial charge on any atom is 0.0741 e. The predicted octanol–water partition coefficient (Wildman–Crippen LogP) is 2.74. The normalized spacial score (nSPS) is 32.7. The first kappa shape index (κ1) is 13.8. The van der Waals surface area contributed by atoms with E-state index in [2.05, 4.69) is 19.2 Å². The summed E-state index contributed by atoms with van der Waals surface area (Å²) in [6.07, 6.45) is 7.36. The second-order valence-electron chi connectivity index (χ2n) is 7.23. The average molecular weight is 267 g/mol. The zero-order chi connectivity index (χ0) is 13.3. The van der Waals surface area contributed by atoms with Crippen LogP contribution in [0.25, 0.3) is 0 Å². The Hall–Kier alpha value is -0.120. The zero-order valence-electron chi connectivity index (χ0n) is 12.5. The number of hydrogen-bond acceptors (Lipinski definition) is 3. The molecule has 3 heteroatoms. The Bertz CT molecular complexity index is 300. The van der Waals surface area contributed by atoms with Crippen LogP contribution in [0.4, 0.5) is 0 Å². The Morgan fingerprint density at radius 1 is 1.11 bits per heavy atom. The number of hydrogen-bond donors (Lipinski definition) is 1. The highest BCUT2D eigenvalue weighted by atomic mass is 16.5. The first-order valence-electron chi connectivity index (χ1n) is 8.09. The van der Waals surface area contributed by atoms with E-state index >= 15 is 0 Å². The fourth-order valence-corrected chi connectivity index (χ4v) is 3.76. The summed E-state index contributed by atoms with van der Waals surface area (Å²) in [7, 11) is 0. The van der Waals surface area contributed by atoms with Crippen LogP contribution in [0.2, 0.25) is 0 Å². The van der Waals surface area contributed by atoms with Gasteiger partial charge in [0, 0.05) is 32.4 Å². The van der Waals surface area contributed by atoms with Gasteiger partial charge in [-0.3, -0.25) is 0 Å². The number of rotatable bonds is 4. The van der Waals surface area contributed by atoms with Crippen molar-refractivity contribution < 1.29 is 9.47 Å². The minimum atomic E-state index is 0.128. The van der Waals surface area contributed by atoms with Gasteiger partial charge in [-0.15, -0.1) is 0 Å². The van der Waals surface area contributed by atoms with Crippen molar-refractivity contribution in [1.29, 1.82) is 0 Å². The van der Waals surface area contributed by atoms with Crippen LogP contribution in [-0.2, 0) is 9.47 Å². The molecule has 1 spiro atoms. The Labute approximate surface area is 117 Å². The van der Waals surface area contributed by atoms with Crippen LogP contribution >= 0.6 is 0 Å². The van der Waals surface area contributed by atoms with Crippen molar-refractivity contribution in [2.75, 3.05) is 26.4 Å². The smallest absolute Gasteiger partial charge is 0.0741 e. The highest BCUT2D eigenvalue weighted by Crippen LogP contribution is 2.51. The van der Waals surface area contributed by atoms with Gasteiger partial charge in [0.1, 0.15) is 0 Å². The third-order valence-electron chi connectivity index (χ3n) is 5.76. The molecule has 0 aromatic carbocycles. The second kappa shape index (κ2) is 5.34. The molecule has 3 aliphatic rings. The number of ether oxygens (including phenoxy) is 2. The van der Waals surface area contributed by atoms with E-state index < -0.39 is 0 Å². The highest BCUT2D eigenvalue weighted by molar-refractivity contribution is 4.99. The van der Waals surface area contributed by atoms with Crippen molar-refractivity contribution >= 4 is 0 Å². The molecule has 0 bridgehead atoms. The van der Waals surface area contributed by atoms with Crippen LogP contribution in [0.5, 0.6) is 0 Å². The maximum atomic E-state index is 6.11. The molecule has 3 nitrogen and oxygen atoms in total. The fourth-order valence-electron chi connectivity index (χ4n) is 3.76. The Morgan fingerprint density at radius 3 is 2.47 bits per heavy atom. The van der Waals surface area contributed by atoms with E-state index in [4.69, 9.17) is 9.47 Å². The molecule has 1 unspecified atom stereocenters. The van der Waals surface area contributed by atoms with Gasteiger partial charge in [-0.1, -0.05) is 13.8 Å². The molecular formula is C16H29NO2. The summed E-state index contributed by atoms with van der Waals surface area (Å²) in [6, 6.07) is 0.656. The SMILES string of the molecule is CC(C)C1(CNC2CCOC3(CCOCC3)C2)CC1. The summed E-state index contributed by atoms with van der Waals surface area (Å²) in [5, 5.41) is 3.86. The second-order valence-corrected chi connectivity index (χ2v) is 7.23. The van der Waals surface area contributed by atoms with Crippen molar-refractivity contribution in [1.82, 2.24) is 5.32 Å². The summed E-state index contributed by atoms with van der Waals surface area (Å²) in [6.45, 7) is 8.64. The van der Waals surface area contributed by atoms with Gasteiger partial charge in [-0.25, -0.2) is 0 Å². The number of nitrogens with one attached hydrogen (secondary N) is 1. The largest absolute Gasteiger partial charge is 0.381 e. The van der Waals surface area contributed by atoms with E-state index in [0.717, 1.165) is 38.6 Å². The molecule has 1 N–H and O–H groups in total. The van der Waals surface area contributed by atoms with E-state index in [1.54, 1.807) is 0 Å². The lowest BCUT2D eigenvalue weighted by molar-refractivity contribution is -0.140. The first-order chi connectivity index (χ1) is 9.14. The lowest BCUT2D eigenvalue weighted by Crippen LogP contribution is -2.50. The van der Waals surface area contributed by atoms with Crippen molar-refractivity contribution in [3.8, 4) is 0 Å². The van der Waals surface area contributed by atoms with E-state index in [1.807, 2.05) is 0 Å². The van der Waals surface area contributed by atoms with Crippen LogP contribution in [0.3, 0.4) is 0 Å². The van der Waals surface area contributed by atoms with Crippen molar-refractivity contribution in [3.63, 3.8) is 0 Å². The average Bonchev–Trinajstić information content (AvgIpc) is 3.19. The minimum absolute atomic E-state index is 0.128. The minimum Gasteiger partial charge on any atom is -0.381 e. The van der Waals surface area contributed by atoms with Gasteiger partial charge in [0.05, 0.1) is 5.60 Å². The van der Waals surface area contributed by atoms with Crippen molar-refractivity contribution in [3.05, 3.63) is 0 Å². The van der Waals surface area contributed by atoms with Gasteiger partial charge in [-0.05, 0) is 49.9 Å². The van der Waals surface area contributed by atoms with Gasteiger partial charge < -0.3 is 14.8 Å².